The molecule has 1 aliphatic rings. The summed E-state index contributed by atoms with van der Waals surface area (Å²) in [6.07, 6.45) is 3.11. The van der Waals surface area contributed by atoms with Crippen LogP contribution in [0.5, 0.6) is 0 Å². The molecule has 1 fully saturated rings. The van der Waals surface area contributed by atoms with Crippen LogP contribution in [0.1, 0.15) is 44.2 Å². The first-order valence-corrected chi connectivity index (χ1v) is 8.86. The highest BCUT2D eigenvalue weighted by Gasteiger charge is 2.30. The molecule has 1 N–H and O–H groups in total. The molecule has 1 aromatic carbocycles. The van der Waals surface area contributed by atoms with Crippen molar-refractivity contribution >= 4 is 10.0 Å². The lowest BCUT2D eigenvalue weighted by molar-refractivity contribution is 0.227. The molecule has 1 aliphatic carbocycles. The maximum Gasteiger partial charge on any atom is 0.240 e. The zero-order chi connectivity index (χ0) is 15.6. The number of hydrogen-bond acceptors (Lipinski definition) is 3. The van der Waals surface area contributed by atoms with Crippen molar-refractivity contribution < 1.29 is 8.42 Å². The lowest BCUT2D eigenvalue weighted by Gasteiger charge is -2.34. The molecule has 2 rings (SSSR count). The van der Waals surface area contributed by atoms with Gasteiger partial charge in [0.1, 0.15) is 0 Å². The van der Waals surface area contributed by atoms with Gasteiger partial charge in [-0.1, -0.05) is 26.7 Å². The molecule has 21 heavy (non-hydrogen) atoms. The minimum absolute atomic E-state index is 0.00491. The van der Waals surface area contributed by atoms with Gasteiger partial charge in [-0.3, -0.25) is 0 Å². The van der Waals surface area contributed by atoms with Crippen LogP contribution < -0.4 is 4.72 Å². The van der Waals surface area contributed by atoms with E-state index in [0.29, 0.717) is 23.0 Å². The molecule has 0 bridgehead atoms. The van der Waals surface area contributed by atoms with Crippen LogP contribution >= 0.6 is 0 Å². The Bertz CT molecular complexity index is 661. The second kappa shape index (κ2) is 6.17. The number of nitrogens with zero attached hydrogens (tertiary/aromatic N) is 1. The number of sulfonamides is 1. The predicted octanol–water partition coefficient (Wildman–Crippen LogP) is 2.97. The second-order valence-corrected chi connectivity index (χ2v) is 7.80. The van der Waals surface area contributed by atoms with Crippen LogP contribution in [-0.2, 0) is 10.0 Å². The van der Waals surface area contributed by atoms with Gasteiger partial charge in [-0.25, -0.2) is 13.1 Å². The summed E-state index contributed by atoms with van der Waals surface area (Å²) >= 11 is 0. The fraction of sp³-hybridized carbons (Fsp3) is 0.562. The van der Waals surface area contributed by atoms with Crippen LogP contribution in [0.2, 0.25) is 0 Å². The van der Waals surface area contributed by atoms with Crippen LogP contribution in [0.25, 0.3) is 0 Å². The molecular weight excluding hydrogens is 284 g/mol. The molecule has 3 atom stereocenters. The molecule has 1 saturated carbocycles. The highest BCUT2D eigenvalue weighted by atomic mass is 32.2. The fourth-order valence-corrected chi connectivity index (χ4v) is 4.39. The van der Waals surface area contributed by atoms with Gasteiger partial charge in [0.15, 0.2) is 0 Å². The largest absolute Gasteiger partial charge is 0.240 e. The van der Waals surface area contributed by atoms with Gasteiger partial charge in [-0.15, -0.1) is 0 Å². The van der Waals surface area contributed by atoms with E-state index in [9.17, 15) is 8.42 Å². The van der Waals surface area contributed by atoms with Crippen molar-refractivity contribution in [1.29, 1.82) is 5.26 Å². The van der Waals surface area contributed by atoms with Crippen LogP contribution in [-0.4, -0.2) is 14.5 Å². The Labute approximate surface area is 127 Å². The normalized spacial score (nSPS) is 26.3. The molecule has 114 valence electrons. The number of benzene rings is 1. The summed E-state index contributed by atoms with van der Waals surface area (Å²) in [7, 11) is -3.52. The van der Waals surface area contributed by atoms with Crippen molar-refractivity contribution in [3.63, 3.8) is 0 Å². The minimum Gasteiger partial charge on any atom is -0.208 e. The monoisotopic (exact) mass is 306 g/mol. The van der Waals surface area contributed by atoms with Gasteiger partial charge in [0, 0.05) is 6.04 Å². The summed E-state index contributed by atoms with van der Waals surface area (Å²) in [5, 5.41) is 8.92. The Morgan fingerprint density at radius 1 is 1.29 bits per heavy atom. The number of rotatable bonds is 3. The average molecular weight is 306 g/mol. The molecule has 0 heterocycles. The molecule has 3 unspecified atom stereocenters. The summed E-state index contributed by atoms with van der Waals surface area (Å²) in [5.41, 5.74) is 1.19. The van der Waals surface area contributed by atoms with E-state index < -0.39 is 10.0 Å². The third-order valence-corrected chi connectivity index (χ3v) is 6.13. The predicted molar refractivity (Wildman–Crippen MR) is 82.2 cm³/mol. The van der Waals surface area contributed by atoms with Crippen molar-refractivity contribution in [2.45, 2.75) is 51.0 Å². The maximum absolute atomic E-state index is 12.5. The third-order valence-electron chi connectivity index (χ3n) is 4.64. The molecular formula is C16H22N2O2S. The van der Waals surface area contributed by atoms with Gasteiger partial charge < -0.3 is 0 Å². The smallest absolute Gasteiger partial charge is 0.208 e. The lowest BCUT2D eigenvalue weighted by Crippen LogP contribution is -2.43. The molecule has 0 saturated heterocycles. The molecule has 4 nitrogen and oxygen atoms in total. The Morgan fingerprint density at radius 2 is 2.00 bits per heavy atom. The van der Waals surface area contributed by atoms with Crippen molar-refractivity contribution in [2.75, 3.05) is 0 Å². The highest BCUT2D eigenvalue weighted by molar-refractivity contribution is 7.89. The SMILES string of the molecule is Cc1cc(S(=O)(=O)NC2CCCC(C)C2C)ccc1C#N. The molecule has 5 heteroatoms. The maximum atomic E-state index is 12.5. The van der Waals surface area contributed by atoms with E-state index in [-0.39, 0.29) is 10.9 Å². The number of nitrogens with one attached hydrogen (secondary N) is 1. The van der Waals surface area contributed by atoms with Gasteiger partial charge in [0.25, 0.3) is 0 Å². The average Bonchev–Trinajstić information content (AvgIpc) is 2.43. The van der Waals surface area contributed by atoms with Gasteiger partial charge in [-0.05, 0) is 48.9 Å². The van der Waals surface area contributed by atoms with E-state index in [1.165, 1.54) is 6.07 Å². The van der Waals surface area contributed by atoms with E-state index >= 15 is 0 Å². The number of hydrogen-bond donors (Lipinski definition) is 1. The first kappa shape index (κ1) is 16.0. The first-order valence-electron chi connectivity index (χ1n) is 7.38. The fourth-order valence-electron chi connectivity index (χ4n) is 2.94. The van der Waals surface area contributed by atoms with Gasteiger partial charge >= 0.3 is 0 Å². The Hall–Kier alpha value is -1.38. The molecule has 0 aromatic heterocycles. The van der Waals surface area contributed by atoms with E-state index in [4.69, 9.17) is 5.26 Å². The van der Waals surface area contributed by atoms with Gasteiger partial charge in [-0.2, -0.15) is 5.26 Å². The Morgan fingerprint density at radius 3 is 2.62 bits per heavy atom. The highest BCUT2D eigenvalue weighted by Crippen LogP contribution is 2.30. The Balaban J connectivity index is 2.22. The van der Waals surface area contributed by atoms with E-state index in [0.717, 1.165) is 19.3 Å². The quantitative estimate of drug-likeness (QED) is 0.933. The van der Waals surface area contributed by atoms with Gasteiger partial charge in [0.2, 0.25) is 10.0 Å². The number of aryl methyl sites for hydroxylation is 1. The van der Waals surface area contributed by atoms with Crippen molar-refractivity contribution in [2.24, 2.45) is 11.8 Å². The van der Waals surface area contributed by atoms with E-state index in [2.05, 4.69) is 24.6 Å². The summed E-state index contributed by atoms with van der Waals surface area (Å²) < 4.78 is 27.9. The van der Waals surface area contributed by atoms with Crippen LogP contribution in [0, 0.1) is 30.1 Å². The third kappa shape index (κ3) is 3.45. The zero-order valence-corrected chi connectivity index (χ0v) is 13.6. The molecule has 0 spiro atoms. The summed E-state index contributed by atoms with van der Waals surface area (Å²) in [4.78, 5) is 0.240. The zero-order valence-electron chi connectivity index (χ0n) is 12.8. The van der Waals surface area contributed by atoms with Crippen LogP contribution in [0.4, 0.5) is 0 Å². The first-order chi connectivity index (χ1) is 9.85. The standard InChI is InChI=1S/C16H22N2O2S/c1-11-5-4-6-16(13(11)3)18-21(19,20)15-8-7-14(10-17)12(2)9-15/h7-9,11,13,16,18H,4-6H2,1-3H3. The van der Waals surface area contributed by atoms with E-state index in [1.54, 1.807) is 19.1 Å². The van der Waals surface area contributed by atoms with Crippen LogP contribution in [0.15, 0.2) is 23.1 Å². The van der Waals surface area contributed by atoms with Crippen molar-refractivity contribution in [3.05, 3.63) is 29.3 Å². The van der Waals surface area contributed by atoms with Gasteiger partial charge in [0.05, 0.1) is 16.5 Å². The summed E-state index contributed by atoms with van der Waals surface area (Å²) in [6.45, 7) is 6.04. The molecule has 0 amide bonds. The minimum atomic E-state index is -3.52. The Kier molecular flexibility index (Phi) is 4.70. The van der Waals surface area contributed by atoms with Crippen molar-refractivity contribution in [1.82, 2.24) is 4.72 Å². The van der Waals surface area contributed by atoms with Crippen molar-refractivity contribution in [3.8, 4) is 6.07 Å². The lowest BCUT2D eigenvalue weighted by atomic mass is 9.78. The summed E-state index contributed by atoms with van der Waals surface area (Å²) in [5.74, 6) is 0.877. The second-order valence-electron chi connectivity index (χ2n) is 6.08. The number of nitriles is 1. The van der Waals surface area contributed by atoms with E-state index in [1.807, 2.05) is 0 Å². The molecule has 1 aromatic rings. The molecule has 0 aliphatic heterocycles. The van der Waals surface area contributed by atoms with Crippen LogP contribution in [0.3, 0.4) is 0 Å². The summed E-state index contributed by atoms with van der Waals surface area (Å²) in [6, 6.07) is 6.69. The topological polar surface area (TPSA) is 70.0 Å². The molecule has 0 radical (unpaired) electrons.